The topological polar surface area (TPSA) is 67.2 Å². The van der Waals surface area contributed by atoms with Crippen molar-refractivity contribution < 1.29 is 4.79 Å². The summed E-state index contributed by atoms with van der Waals surface area (Å²) in [6, 6.07) is 7.54. The van der Waals surface area contributed by atoms with Crippen molar-refractivity contribution in [1.82, 2.24) is 24.6 Å². The van der Waals surface area contributed by atoms with E-state index < -0.39 is 0 Å². The van der Waals surface area contributed by atoms with Gasteiger partial charge in [0, 0.05) is 37.9 Å². The fraction of sp³-hybridized carbons (Fsp3) is 0.368. The van der Waals surface area contributed by atoms with Crippen molar-refractivity contribution in [3.8, 4) is 5.82 Å². The van der Waals surface area contributed by atoms with Gasteiger partial charge in [-0.15, -0.1) is 11.3 Å². The van der Waals surface area contributed by atoms with Crippen LogP contribution >= 0.6 is 22.9 Å². The molecule has 0 saturated carbocycles. The highest BCUT2D eigenvalue weighted by Gasteiger charge is 2.24. The summed E-state index contributed by atoms with van der Waals surface area (Å²) in [5, 5.41) is 4.52. The standard InChI is InChI=1S/C19H21ClN6OS/c1-12-10-13(2)26(23-12)18-11-17(21-14(3)22-18)24-6-8-25(9-7-24)19(27)15-4-5-16(20)28-15/h4-5,10-11H,6-9H2,1-3H3. The molecule has 1 fully saturated rings. The number of hydrogen-bond acceptors (Lipinski definition) is 6. The molecule has 4 heterocycles. The largest absolute Gasteiger partial charge is 0.353 e. The van der Waals surface area contributed by atoms with Crippen molar-refractivity contribution in [2.45, 2.75) is 20.8 Å². The lowest BCUT2D eigenvalue weighted by atomic mass is 10.3. The summed E-state index contributed by atoms with van der Waals surface area (Å²) in [7, 11) is 0. The Bertz CT molecular complexity index is 1020. The van der Waals surface area contributed by atoms with E-state index >= 15 is 0 Å². The summed E-state index contributed by atoms with van der Waals surface area (Å²) < 4.78 is 2.48. The minimum absolute atomic E-state index is 0.0405. The lowest BCUT2D eigenvalue weighted by molar-refractivity contribution is 0.0751. The van der Waals surface area contributed by atoms with Gasteiger partial charge in [0.05, 0.1) is 14.9 Å². The second kappa shape index (κ2) is 7.52. The number of nitrogens with zero attached hydrogens (tertiary/aromatic N) is 6. The van der Waals surface area contributed by atoms with Crippen LogP contribution in [0.1, 0.15) is 26.9 Å². The lowest BCUT2D eigenvalue weighted by Crippen LogP contribution is -2.49. The molecule has 0 radical (unpaired) electrons. The Morgan fingerprint density at radius 3 is 2.36 bits per heavy atom. The molecule has 0 aromatic carbocycles. The quantitative estimate of drug-likeness (QED) is 0.655. The third-order valence-electron chi connectivity index (χ3n) is 4.71. The van der Waals surface area contributed by atoms with Crippen LogP contribution in [0.25, 0.3) is 5.82 Å². The maximum absolute atomic E-state index is 12.6. The van der Waals surface area contributed by atoms with Crippen LogP contribution in [0.3, 0.4) is 0 Å². The Hall–Kier alpha value is -2.45. The van der Waals surface area contributed by atoms with E-state index in [9.17, 15) is 4.79 Å². The van der Waals surface area contributed by atoms with Gasteiger partial charge in [0.25, 0.3) is 5.91 Å². The molecule has 3 aromatic rings. The monoisotopic (exact) mass is 416 g/mol. The highest BCUT2D eigenvalue weighted by Crippen LogP contribution is 2.24. The van der Waals surface area contributed by atoms with E-state index in [2.05, 4.69) is 20.0 Å². The second-order valence-corrected chi connectivity index (χ2v) is 8.57. The Labute approximate surface area is 172 Å². The molecular weight excluding hydrogens is 396 g/mol. The van der Waals surface area contributed by atoms with E-state index in [0.717, 1.165) is 36.1 Å². The maximum atomic E-state index is 12.6. The number of amides is 1. The number of aryl methyl sites for hydroxylation is 3. The van der Waals surface area contributed by atoms with Crippen LogP contribution in [0.15, 0.2) is 24.3 Å². The zero-order chi connectivity index (χ0) is 19.8. The predicted octanol–water partition coefficient (Wildman–Crippen LogP) is 3.26. The van der Waals surface area contributed by atoms with Gasteiger partial charge in [-0.3, -0.25) is 4.79 Å². The van der Waals surface area contributed by atoms with Gasteiger partial charge in [0.1, 0.15) is 11.6 Å². The average Bonchev–Trinajstić information content (AvgIpc) is 3.25. The summed E-state index contributed by atoms with van der Waals surface area (Å²) in [6.07, 6.45) is 0. The van der Waals surface area contributed by atoms with E-state index in [1.807, 2.05) is 42.5 Å². The molecule has 0 spiro atoms. The molecule has 28 heavy (non-hydrogen) atoms. The third-order valence-corrected chi connectivity index (χ3v) is 5.93. The van der Waals surface area contributed by atoms with E-state index in [1.165, 1.54) is 11.3 Å². The first kappa shape index (κ1) is 18.9. The Morgan fingerprint density at radius 2 is 1.75 bits per heavy atom. The Morgan fingerprint density at radius 1 is 1.04 bits per heavy atom. The van der Waals surface area contributed by atoms with Crippen LogP contribution in [-0.2, 0) is 0 Å². The van der Waals surface area contributed by atoms with Crippen molar-refractivity contribution in [3.63, 3.8) is 0 Å². The zero-order valence-electron chi connectivity index (χ0n) is 16.0. The molecular formula is C19H21ClN6OS. The van der Waals surface area contributed by atoms with E-state index in [4.69, 9.17) is 11.6 Å². The molecule has 4 rings (SSSR count). The first-order chi connectivity index (χ1) is 13.4. The van der Waals surface area contributed by atoms with Gasteiger partial charge >= 0.3 is 0 Å². The minimum Gasteiger partial charge on any atom is -0.353 e. The smallest absolute Gasteiger partial charge is 0.264 e. The molecule has 0 unspecified atom stereocenters. The van der Waals surface area contributed by atoms with Crippen molar-refractivity contribution in [3.05, 3.63) is 50.7 Å². The fourth-order valence-corrected chi connectivity index (χ4v) is 4.40. The number of carbonyl (C=O) groups excluding carboxylic acids is 1. The highest BCUT2D eigenvalue weighted by molar-refractivity contribution is 7.17. The van der Waals surface area contributed by atoms with Crippen molar-refractivity contribution >= 4 is 34.7 Å². The van der Waals surface area contributed by atoms with Crippen LogP contribution in [0.4, 0.5) is 5.82 Å². The Balaban J connectivity index is 1.50. The van der Waals surface area contributed by atoms with Gasteiger partial charge in [-0.2, -0.15) is 5.10 Å². The van der Waals surface area contributed by atoms with Gasteiger partial charge in [-0.25, -0.2) is 14.6 Å². The number of piperazine rings is 1. The summed E-state index contributed by atoms with van der Waals surface area (Å²) in [6.45, 7) is 8.60. The third kappa shape index (κ3) is 3.74. The maximum Gasteiger partial charge on any atom is 0.264 e. The van der Waals surface area contributed by atoms with Crippen LogP contribution in [0, 0.1) is 20.8 Å². The van der Waals surface area contributed by atoms with Gasteiger partial charge in [-0.1, -0.05) is 11.6 Å². The number of aromatic nitrogens is 4. The molecule has 0 atom stereocenters. The molecule has 7 nitrogen and oxygen atoms in total. The Kier molecular flexibility index (Phi) is 5.07. The normalized spacial score (nSPS) is 14.6. The molecule has 1 amide bonds. The van der Waals surface area contributed by atoms with E-state index in [0.29, 0.717) is 28.1 Å². The number of rotatable bonds is 3. The first-order valence-electron chi connectivity index (χ1n) is 9.09. The van der Waals surface area contributed by atoms with Gasteiger partial charge in [-0.05, 0) is 39.0 Å². The number of halogens is 1. The molecule has 0 N–H and O–H groups in total. The number of anilines is 1. The molecule has 0 bridgehead atoms. The predicted molar refractivity (Wildman–Crippen MR) is 111 cm³/mol. The minimum atomic E-state index is 0.0405. The van der Waals surface area contributed by atoms with Crippen molar-refractivity contribution in [2.24, 2.45) is 0 Å². The first-order valence-corrected chi connectivity index (χ1v) is 10.3. The summed E-state index contributed by atoms with van der Waals surface area (Å²) in [4.78, 5) is 26.5. The van der Waals surface area contributed by atoms with Crippen LogP contribution in [-0.4, -0.2) is 56.7 Å². The van der Waals surface area contributed by atoms with E-state index in [1.54, 1.807) is 12.1 Å². The van der Waals surface area contributed by atoms with Gasteiger partial charge < -0.3 is 9.80 Å². The van der Waals surface area contributed by atoms with E-state index in [-0.39, 0.29) is 5.91 Å². The van der Waals surface area contributed by atoms with Crippen LogP contribution < -0.4 is 4.90 Å². The lowest BCUT2D eigenvalue weighted by Gasteiger charge is -2.35. The molecule has 9 heteroatoms. The van der Waals surface area contributed by atoms with Gasteiger partial charge in [0.15, 0.2) is 5.82 Å². The zero-order valence-corrected chi connectivity index (χ0v) is 17.6. The van der Waals surface area contributed by atoms with Crippen molar-refractivity contribution in [1.29, 1.82) is 0 Å². The molecule has 1 aliphatic rings. The van der Waals surface area contributed by atoms with Crippen molar-refractivity contribution in [2.75, 3.05) is 31.1 Å². The molecule has 1 aliphatic heterocycles. The van der Waals surface area contributed by atoms with Crippen LogP contribution in [0.2, 0.25) is 4.34 Å². The molecule has 146 valence electrons. The number of thiophene rings is 1. The second-order valence-electron chi connectivity index (χ2n) is 6.85. The highest BCUT2D eigenvalue weighted by atomic mass is 35.5. The summed E-state index contributed by atoms with van der Waals surface area (Å²) in [5.41, 5.74) is 1.99. The van der Waals surface area contributed by atoms with Gasteiger partial charge in [0.2, 0.25) is 0 Å². The summed E-state index contributed by atoms with van der Waals surface area (Å²) in [5.74, 6) is 2.37. The summed E-state index contributed by atoms with van der Waals surface area (Å²) >= 11 is 7.28. The number of hydrogen-bond donors (Lipinski definition) is 0. The molecule has 3 aromatic heterocycles. The average molecular weight is 417 g/mol. The number of carbonyl (C=O) groups is 1. The molecule has 0 aliphatic carbocycles. The molecule has 1 saturated heterocycles. The SMILES string of the molecule is Cc1cc(C)n(-c2cc(N3CCN(C(=O)c4ccc(Cl)s4)CC3)nc(C)n2)n1. The van der Waals surface area contributed by atoms with Crippen LogP contribution in [0.5, 0.6) is 0 Å². The fourth-order valence-electron chi connectivity index (χ4n) is 3.39.